The van der Waals surface area contributed by atoms with E-state index in [1.165, 1.54) is 11.3 Å². The van der Waals surface area contributed by atoms with Gasteiger partial charge in [0.15, 0.2) is 0 Å². The molecule has 0 aliphatic heterocycles. The molecule has 2 heterocycles. The first kappa shape index (κ1) is 19.0. The number of hydrogen-bond donors (Lipinski definition) is 0. The first-order chi connectivity index (χ1) is 13.0. The molecule has 0 unspecified atom stereocenters. The molecule has 2 aromatic heterocycles. The molecule has 0 N–H and O–H groups in total. The average molecular weight is 385 g/mol. The molecule has 0 bridgehead atoms. The summed E-state index contributed by atoms with van der Waals surface area (Å²) in [5, 5.41) is 6.18. The van der Waals surface area contributed by atoms with Crippen molar-refractivity contribution in [3.05, 3.63) is 63.6 Å². The number of nitrogens with zero attached hydrogens (tertiary/aromatic N) is 3. The van der Waals surface area contributed by atoms with Crippen LogP contribution < -0.4 is 9.47 Å². The average Bonchev–Trinajstić information content (AvgIpc) is 3.28. The predicted octanol–water partition coefficient (Wildman–Crippen LogP) is 3.65. The molecule has 142 valence electrons. The van der Waals surface area contributed by atoms with Gasteiger partial charge >= 0.3 is 0 Å². The van der Waals surface area contributed by atoms with Gasteiger partial charge in [0, 0.05) is 43.5 Å². The van der Waals surface area contributed by atoms with Gasteiger partial charge in [-0.05, 0) is 30.5 Å². The second kappa shape index (κ2) is 8.26. The number of carbonyl (C=O) groups excluding carboxylic acids is 1. The lowest BCUT2D eigenvalue weighted by Gasteiger charge is -2.15. The van der Waals surface area contributed by atoms with Crippen LogP contribution in [0.25, 0.3) is 0 Å². The lowest BCUT2D eigenvalue weighted by atomic mass is 10.2. The third-order valence-electron chi connectivity index (χ3n) is 4.40. The van der Waals surface area contributed by atoms with E-state index in [-0.39, 0.29) is 5.91 Å². The second-order valence-corrected chi connectivity index (χ2v) is 7.24. The Hall–Kier alpha value is -2.80. The number of amides is 1. The normalized spacial score (nSPS) is 10.7. The van der Waals surface area contributed by atoms with Gasteiger partial charge in [0.05, 0.1) is 18.2 Å². The van der Waals surface area contributed by atoms with Gasteiger partial charge in [-0.15, -0.1) is 11.3 Å². The maximum absolute atomic E-state index is 12.7. The van der Waals surface area contributed by atoms with E-state index in [9.17, 15) is 4.79 Å². The number of aryl methyl sites for hydroxylation is 1. The van der Waals surface area contributed by atoms with E-state index in [1.54, 1.807) is 25.3 Å². The summed E-state index contributed by atoms with van der Waals surface area (Å²) < 4.78 is 12.8. The molecule has 0 fully saturated rings. The molecule has 0 saturated heterocycles. The monoisotopic (exact) mass is 385 g/mol. The van der Waals surface area contributed by atoms with Gasteiger partial charge < -0.3 is 14.4 Å². The molecule has 0 atom stereocenters. The predicted molar refractivity (Wildman–Crippen MR) is 105 cm³/mol. The van der Waals surface area contributed by atoms with Crippen molar-refractivity contribution in [2.75, 3.05) is 14.2 Å². The van der Waals surface area contributed by atoms with E-state index in [4.69, 9.17) is 9.47 Å². The SMILES string of the molecule is COc1cccc(OCc2csc(C(=O)N(C)Cc3cnn(C)c3C)c2)c1. The summed E-state index contributed by atoms with van der Waals surface area (Å²) >= 11 is 1.43. The Labute approximate surface area is 162 Å². The van der Waals surface area contributed by atoms with Gasteiger partial charge in [-0.1, -0.05) is 6.07 Å². The topological polar surface area (TPSA) is 56.6 Å². The first-order valence-electron chi connectivity index (χ1n) is 8.55. The zero-order valence-electron chi connectivity index (χ0n) is 15.9. The molecule has 0 spiro atoms. The summed E-state index contributed by atoms with van der Waals surface area (Å²) in [4.78, 5) is 15.1. The second-order valence-electron chi connectivity index (χ2n) is 6.33. The molecule has 1 aromatic carbocycles. The summed E-state index contributed by atoms with van der Waals surface area (Å²) in [5.41, 5.74) is 3.08. The highest BCUT2D eigenvalue weighted by atomic mass is 32.1. The van der Waals surface area contributed by atoms with E-state index in [0.717, 1.165) is 28.3 Å². The van der Waals surface area contributed by atoms with Crippen LogP contribution in [0.3, 0.4) is 0 Å². The summed E-state index contributed by atoms with van der Waals surface area (Å²) in [6.45, 7) is 2.94. The Bertz CT molecular complexity index is 932. The lowest BCUT2D eigenvalue weighted by molar-refractivity contribution is 0.0789. The number of hydrogen-bond acceptors (Lipinski definition) is 5. The highest BCUT2D eigenvalue weighted by Gasteiger charge is 2.16. The highest BCUT2D eigenvalue weighted by Crippen LogP contribution is 2.22. The molecule has 27 heavy (non-hydrogen) atoms. The van der Waals surface area contributed by atoms with Crippen molar-refractivity contribution in [2.45, 2.75) is 20.1 Å². The van der Waals surface area contributed by atoms with Crippen molar-refractivity contribution < 1.29 is 14.3 Å². The number of rotatable bonds is 7. The van der Waals surface area contributed by atoms with Gasteiger partial charge in [-0.3, -0.25) is 9.48 Å². The zero-order chi connectivity index (χ0) is 19.4. The van der Waals surface area contributed by atoms with E-state index in [1.807, 2.05) is 54.4 Å². The van der Waals surface area contributed by atoms with E-state index in [0.29, 0.717) is 18.0 Å². The Morgan fingerprint density at radius 2 is 2.07 bits per heavy atom. The molecule has 1 amide bonds. The van der Waals surface area contributed by atoms with Gasteiger partial charge in [0.2, 0.25) is 0 Å². The fraction of sp³-hybridized carbons (Fsp3) is 0.300. The van der Waals surface area contributed by atoms with Gasteiger partial charge in [-0.25, -0.2) is 0 Å². The third-order valence-corrected chi connectivity index (χ3v) is 5.37. The van der Waals surface area contributed by atoms with Crippen molar-refractivity contribution in [1.29, 1.82) is 0 Å². The Morgan fingerprint density at radius 3 is 2.78 bits per heavy atom. The molecule has 3 rings (SSSR count). The van der Waals surface area contributed by atoms with Crippen LogP contribution in [0.4, 0.5) is 0 Å². The number of thiophene rings is 1. The molecular formula is C20H23N3O3S. The molecule has 6 nitrogen and oxygen atoms in total. The number of aromatic nitrogens is 2. The first-order valence-corrected chi connectivity index (χ1v) is 9.43. The zero-order valence-corrected chi connectivity index (χ0v) is 16.7. The maximum atomic E-state index is 12.7. The molecule has 0 aliphatic rings. The molecular weight excluding hydrogens is 362 g/mol. The van der Waals surface area contributed by atoms with Crippen LogP contribution in [0.1, 0.15) is 26.5 Å². The van der Waals surface area contributed by atoms with Crippen LogP contribution in [0.5, 0.6) is 11.5 Å². The number of methoxy groups -OCH3 is 1. The molecule has 7 heteroatoms. The van der Waals surface area contributed by atoms with E-state index in [2.05, 4.69) is 5.10 Å². The van der Waals surface area contributed by atoms with Crippen LogP contribution >= 0.6 is 11.3 Å². The fourth-order valence-electron chi connectivity index (χ4n) is 2.64. The molecule has 0 aliphatic carbocycles. The number of ether oxygens (including phenoxy) is 2. The Morgan fingerprint density at radius 1 is 1.30 bits per heavy atom. The number of benzene rings is 1. The minimum atomic E-state index is -0.00381. The van der Waals surface area contributed by atoms with Gasteiger partial charge in [-0.2, -0.15) is 5.10 Å². The third kappa shape index (κ3) is 4.49. The summed E-state index contributed by atoms with van der Waals surface area (Å²) in [6, 6.07) is 9.35. The van der Waals surface area contributed by atoms with Crippen LogP contribution in [0.2, 0.25) is 0 Å². The van der Waals surface area contributed by atoms with Crippen molar-refractivity contribution in [1.82, 2.24) is 14.7 Å². The Kier molecular flexibility index (Phi) is 5.81. The molecule has 0 saturated carbocycles. The maximum Gasteiger partial charge on any atom is 0.263 e. The quantitative estimate of drug-likeness (QED) is 0.623. The minimum absolute atomic E-state index is 0.00381. The smallest absolute Gasteiger partial charge is 0.263 e. The van der Waals surface area contributed by atoms with Crippen LogP contribution in [-0.2, 0) is 20.2 Å². The van der Waals surface area contributed by atoms with E-state index >= 15 is 0 Å². The van der Waals surface area contributed by atoms with Gasteiger partial charge in [0.1, 0.15) is 18.1 Å². The van der Waals surface area contributed by atoms with Crippen LogP contribution in [-0.4, -0.2) is 34.7 Å². The van der Waals surface area contributed by atoms with E-state index < -0.39 is 0 Å². The number of carbonyl (C=O) groups is 1. The van der Waals surface area contributed by atoms with Crippen LogP contribution in [0, 0.1) is 6.92 Å². The lowest BCUT2D eigenvalue weighted by Crippen LogP contribution is -2.25. The van der Waals surface area contributed by atoms with Crippen molar-refractivity contribution in [3.63, 3.8) is 0 Å². The summed E-state index contributed by atoms with van der Waals surface area (Å²) in [6.07, 6.45) is 1.81. The van der Waals surface area contributed by atoms with Crippen molar-refractivity contribution in [3.8, 4) is 11.5 Å². The summed E-state index contributed by atoms with van der Waals surface area (Å²) in [7, 11) is 5.33. The molecule has 3 aromatic rings. The van der Waals surface area contributed by atoms with Crippen molar-refractivity contribution >= 4 is 17.2 Å². The van der Waals surface area contributed by atoms with Crippen LogP contribution in [0.15, 0.2) is 41.9 Å². The largest absolute Gasteiger partial charge is 0.497 e. The Balaban J connectivity index is 1.60. The highest BCUT2D eigenvalue weighted by molar-refractivity contribution is 7.12. The minimum Gasteiger partial charge on any atom is -0.497 e. The molecule has 0 radical (unpaired) electrons. The van der Waals surface area contributed by atoms with Gasteiger partial charge in [0.25, 0.3) is 5.91 Å². The summed E-state index contributed by atoms with van der Waals surface area (Å²) in [5.74, 6) is 1.48. The fourth-order valence-corrected chi connectivity index (χ4v) is 3.53. The standard InChI is InChI=1S/C20H23N3O3S/c1-14-16(10-21-23(14)3)11-22(2)20(24)19-8-15(13-27-19)12-26-18-7-5-6-17(9-18)25-4/h5-10,13H,11-12H2,1-4H3. The van der Waals surface area contributed by atoms with Crippen molar-refractivity contribution in [2.24, 2.45) is 7.05 Å².